The normalized spacial score (nSPS) is 16.0. The van der Waals surface area contributed by atoms with Crippen molar-refractivity contribution in [2.45, 2.75) is 31.7 Å². The second-order valence-corrected chi connectivity index (χ2v) is 6.20. The van der Waals surface area contributed by atoms with Gasteiger partial charge in [-0.05, 0) is 37.5 Å². The number of guanidine groups is 1. The number of hydrogen-bond donors (Lipinski definition) is 2. The molecule has 4 nitrogen and oxygen atoms in total. The van der Waals surface area contributed by atoms with E-state index in [-0.39, 0.29) is 5.41 Å². The highest BCUT2D eigenvalue weighted by molar-refractivity contribution is 5.79. The third kappa shape index (κ3) is 3.89. The zero-order valence-electron chi connectivity index (χ0n) is 13.8. The van der Waals surface area contributed by atoms with E-state index in [1.807, 2.05) is 25.1 Å². The fraction of sp³-hybridized carbons (Fsp3) is 0.368. The number of nitrogens with one attached hydrogen (secondary N) is 2. The molecule has 0 radical (unpaired) electrons. The average molecular weight is 308 g/mol. The highest BCUT2D eigenvalue weighted by atomic mass is 15.2. The summed E-state index contributed by atoms with van der Waals surface area (Å²) in [6.45, 7) is 3.60. The Morgan fingerprint density at radius 1 is 1.09 bits per heavy atom. The van der Waals surface area contributed by atoms with Gasteiger partial charge in [-0.3, -0.25) is 9.98 Å². The lowest BCUT2D eigenvalue weighted by atomic mass is 9.96. The van der Waals surface area contributed by atoms with Crippen molar-refractivity contribution < 1.29 is 0 Å². The van der Waals surface area contributed by atoms with Gasteiger partial charge in [0.25, 0.3) is 0 Å². The summed E-state index contributed by atoms with van der Waals surface area (Å²) in [4.78, 5) is 8.82. The molecule has 120 valence electrons. The molecule has 0 aliphatic heterocycles. The summed E-state index contributed by atoms with van der Waals surface area (Å²) in [7, 11) is 1.81. The molecule has 0 atom stereocenters. The van der Waals surface area contributed by atoms with Crippen molar-refractivity contribution in [1.29, 1.82) is 0 Å². The molecule has 23 heavy (non-hydrogen) atoms. The van der Waals surface area contributed by atoms with Gasteiger partial charge in [-0.2, -0.15) is 0 Å². The molecule has 0 saturated heterocycles. The maximum absolute atomic E-state index is 4.50. The van der Waals surface area contributed by atoms with Crippen molar-refractivity contribution >= 4 is 5.96 Å². The molecular formula is C19H24N4. The van der Waals surface area contributed by atoms with Crippen LogP contribution in [0, 0.1) is 6.92 Å². The third-order valence-electron chi connectivity index (χ3n) is 4.44. The Morgan fingerprint density at radius 3 is 2.52 bits per heavy atom. The van der Waals surface area contributed by atoms with Gasteiger partial charge in [0.15, 0.2) is 5.96 Å². The van der Waals surface area contributed by atoms with Crippen molar-refractivity contribution in [3.63, 3.8) is 0 Å². The fourth-order valence-electron chi connectivity index (χ4n) is 2.86. The average Bonchev–Trinajstić information content (AvgIpc) is 3.37. The fourth-order valence-corrected chi connectivity index (χ4v) is 2.86. The maximum Gasteiger partial charge on any atom is 0.191 e. The molecule has 1 aromatic carbocycles. The molecule has 2 aromatic rings. The SMILES string of the molecule is CN=C(NCc1cccc(C)n1)NCC1(c2ccccc2)CC1. The number of pyridine rings is 1. The van der Waals surface area contributed by atoms with Crippen LogP contribution in [0.5, 0.6) is 0 Å². The first kappa shape index (κ1) is 15.5. The highest BCUT2D eigenvalue weighted by Crippen LogP contribution is 2.47. The van der Waals surface area contributed by atoms with Crippen molar-refractivity contribution in [3.05, 3.63) is 65.5 Å². The van der Waals surface area contributed by atoms with E-state index in [0.29, 0.717) is 6.54 Å². The first-order chi connectivity index (χ1) is 11.2. The molecule has 1 heterocycles. The number of hydrogen-bond acceptors (Lipinski definition) is 2. The third-order valence-corrected chi connectivity index (χ3v) is 4.44. The highest BCUT2D eigenvalue weighted by Gasteiger charge is 2.43. The Balaban J connectivity index is 1.54. The number of nitrogens with zero attached hydrogens (tertiary/aromatic N) is 2. The first-order valence-electron chi connectivity index (χ1n) is 8.14. The molecule has 0 unspecified atom stereocenters. The lowest BCUT2D eigenvalue weighted by molar-refractivity contribution is 0.644. The van der Waals surface area contributed by atoms with Crippen molar-refractivity contribution in [2.24, 2.45) is 4.99 Å². The van der Waals surface area contributed by atoms with E-state index in [9.17, 15) is 0 Å². The minimum atomic E-state index is 0.278. The van der Waals surface area contributed by atoms with Gasteiger partial charge in [-0.1, -0.05) is 36.4 Å². The molecule has 1 aromatic heterocycles. The molecule has 1 saturated carbocycles. The van der Waals surface area contributed by atoms with Crippen molar-refractivity contribution in [2.75, 3.05) is 13.6 Å². The Kier molecular flexibility index (Phi) is 4.60. The Bertz CT molecular complexity index is 675. The molecule has 3 rings (SSSR count). The van der Waals surface area contributed by atoms with Crippen LogP contribution in [0.3, 0.4) is 0 Å². The van der Waals surface area contributed by atoms with Crippen LogP contribution in [0.2, 0.25) is 0 Å². The quantitative estimate of drug-likeness (QED) is 0.659. The lowest BCUT2D eigenvalue weighted by Gasteiger charge is -2.19. The van der Waals surface area contributed by atoms with E-state index >= 15 is 0 Å². The lowest BCUT2D eigenvalue weighted by Crippen LogP contribution is -2.41. The number of aromatic nitrogens is 1. The number of aryl methyl sites for hydroxylation is 1. The van der Waals surface area contributed by atoms with Crippen LogP contribution in [0.15, 0.2) is 53.5 Å². The van der Waals surface area contributed by atoms with Crippen molar-refractivity contribution in [1.82, 2.24) is 15.6 Å². The number of benzene rings is 1. The maximum atomic E-state index is 4.50. The zero-order chi connectivity index (χ0) is 16.1. The van der Waals surface area contributed by atoms with Gasteiger partial charge >= 0.3 is 0 Å². The standard InChI is InChI=1S/C19H24N4/c1-15-7-6-10-17(23-15)13-21-18(20-2)22-14-19(11-12-19)16-8-4-3-5-9-16/h3-10H,11-14H2,1-2H3,(H2,20,21,22). The Morgan fingerprint density at radius 2 is 1.87 bits per heavy atom. The topological polar surface area (TPSA) is 49.3 Å². The van der Waals surface area contributed by atoms with Crippen LogP contribution >= 0.6 is 0 Å². The van der Waals surface area contributed by atoms with E-state index in [4.69, 9.17) is 0 Å². The predicted octanol–water partition coefficient (Wildman–Crippen LogP) is 2.79. The summed E-state index contributed by atoms with van der Waals surface area (Å²) in [6, 6.07) is 16.8. The van der Waals surface area contributed by atoms with Gasteiger partial charge in [-0.15, -0.1) is 0 Å². The van der Waals surface area contributed by atoms with Gasteiger partial charge in [0.2, 0.25) is 0 Å². The summed E-state index contributed by atoms with van der Waals surface area (Å²) < 4.78 is 0. The monoisotopic (exact) mass is 308 g/mol. The number of aliphatic imine (C=N–C) groups is 1. The second kappa shape index (κ2) is 6.82. The smallest absolute Gasteiger partial charge is 0.191 e. The van der Waals surface area contributed by atoms with Gasteiger partial charge in [-0.25, -0.2) is 0 Å². The first-order valence-corrected chi connectivity index (χ1v) is 8.14. The predicted molar refractivity (Wildman–Crippen MR) is 94.5 cm³/mol. The van der Waals surface area contributed by atoms with E-state index in [1.54, 1.807) is 7.05 Å². The minimum Gasteiger partial charge on any atom is -0.356 e. The number of rotatable bonds is 5. The van der Waals surface area contributed by atoms with Crippen molar-refractivity contribution in [3.8, 4) is 0 Å². The molecule has 0 amide bonds. The van der Waals surface area contributed by atoms with Crippen LogP contribution in [-0.4, -0.2) is 24.5 Å². The van der Waals surface area contributed by atoms with E-state index in [0.717, 1.165) is 23.9 Å². The summed E-state index contributed by atoms with van der Waals surface area (Å²) in [5, 5.41) is 6.81. The van der Waals surface area contributed by atoms with E-state index in [1.165, 1.54) is 18.4 Å². The van der Waals surface area contributed by atoms with Gasteiger partial charge in [0.1, 0.15) is 0 Å². The second-order valence-electron chi connectivity index (χ2n) is 6.20. The molecule has 1 aliphatic rings. The summed E-state index contributed by atoms with van der Waals surface area (Å²) in [5.41, 5.74) is 3.76. The van der Waals surface area contributed by atoms with E-state index < -0.39 is 0 Å². The molecular weight excluding hydrogens is 284 g/mol. The summed E-state index contributed by atoms with van der Waals surface area (Å²) >= 11 is 0. The van der Waals surface area contributed by atoms with Crippen LogP contribution in [-0.2, 0) is 12.0 Å². The largest absolute Gasteiger partial charge is 0.356 e. The zero-order valence-corrected chi connectivity index (χ0v) is 13.8. The van der Waals surface area contributed by atoms with Gasteiger partial charge < -0.3 is 10.6 Å². The van der Waals surface area contributed by atoms with Gasteiger partial charge in [0.05, 0.1) is 12.2 Å². The minimum absolute atomic E-state index is 0.278. The summed E-state index contributed by atoms with van der Waals surface area (Å²) in [5.74, 6) is 0.829. The van der Waals surface area contributed by atoms with E-state index in [2.05, 4.69) is 50.9 Å². The molecule has 1 aliphatic carbocycles. The Labute approximate surface area is 138 Å². The molecule has 0 bridgehead atoms. The molecule has 1 fully saturated rings. The Hall–Kier alpha value is -2.36. The molecule has 0 spiro atoms. The van der Waals surface area contributed by atoms with Crippen LogP contribution < -0.4 is 10.6 Å². The van der Waals surface area contributed by atoms with Crippen LogP contribution in [0.4, 0.5) is 0 Å². The van der Waals surface area contributed by atoms with Crippen LogP contribution in [0.1, 0.15) is 29.8 Å². The molecule has 4 heteroatoms. The molecule has 2 N–H and O–H groups in total. The summed E-state index contributed by atoms with van der Waals surface area (Å²) in [6.07, 6.45) is 2.47. The van der Waals surface area contributed by atoms with Gasteiger partial charge in [0, 0.05) is 24.7 Å². The van der Waals surface area contributed by atoms with Crippen LogP contribution in [0.25, 0.3) is 0 Å².